The van der Waals surface area contributed by atoms with Gasteiger partial charge in [0.1, 0.15) is 11.5 Å². The van der Waals surface area contributed by atoms with E-state index in [4.69, 9.17) is 0 Å². The number of halogens is 3. The number of rotatable bonds is 4. The Kier molecular flexibility index (Phi) is 6.00. The zero-order chi connectivity index (χ0) is 24.7. The number of nitrogens with one attached hydrogen (secondary N) is 2. The maximum atomic E-state index is 15.1. The van der Waals surface area contributed by atoms with E-state index in [0.29, 0.717) is 37.0 Å². The van der Waals surface area contributed by atoms with Gasteiger partial charge in [0.05, 0.1) is 29.7 Å². The van der Waals surface area contributed by atoms with Crippen molar-refractivity contribution in [2.45, 2.75) is 30.7 Å². The van der Waals surface area contributed by atoms with Crippen molar-refractivity contribution in [1.82, 2.24) is 20.2 Å². The first-order valence-electron chi connectivity index (χ1n) is 11.6. The summed E-state index contributed by atoms with van der Waals surface area (Å²) in [6, 6.07) is 9.19. The molecular weight excluding hydrogens is 459 g/mol. The molecular formula is C25H26F3N5O2. The van der Waals surface area contributed by atoms with Crippen molar-refractivity contribution in [2.24, 2.45) is 0 Å². The van der Waals surface area contributed by atoms with Crippen LogP contribution in [0, 0.1) is 5.82 Å². The Hall–Kier alpha value is -3.40. The number of nitrogens with zero attached hydrogens (tertiary/aromatic N) is 3. The third-order valence-corrected chi connectivity index (χ3v) is 7.11. The van der Waals surface area contributed by atoms with E-state index in [1.807, 2.05) is 11.0 Å². The van der Waals surface area contributed by atoms with Crippen LogP contribution in [0.15, 0.2) is 47.4 Å². The first-order valence-corrected chi connectivity index (χ1v) is 11.6. The first kappa shape index (κ1) is 23.3. The van der Waals surface area contributed by atoms with Gasteiger partial charge in [-0.25, -0.2) is 18.2 Å². The monoisotopic (exact) mass is 485 g/mol. The lowest BCUT2D eigenvalue weighted by atomic mass is 9.98. The van der Waals surface area contributed by atoms with E-state index < -0.39 is 23.2 Å². The molecule has 1 atom stereocenters. The van der Waals surface area contributed by atoms with Gasteiger partial charge in [-0.3, -0.25) is 14.5 Å². The zero-order valence-electron chi connectivity index (χ0n) is 19.2. The van der Waals surface area contributed by atoms with Crippen LogP contribution in [-0.4, -0.2) is 66.0 Å². The van der Waals surface area contributed by atoms with Gasteiger partial charge in [-0.1, -0.05) is 12.1 Å². The van der Waals surface area contributed by atoms with Gasteiger partial charge in [0.25, 0.3) is 17.4 Å². The van der Waals surface area contributed by atoms with Gasteiger partial charge >= 0.3 is 0 Å². The molecule has 3 aromatic rings. The lowest BCUT2D eigenvalue weighted by Crippen LogP contribution is -2.44. The number of hydrogen-bond donors (Lipinski definition) is 2. The third-order valence-electron chi connectivity index (χ3n) is 7.11. The van der Waals surface area contributed by atoms with E-state index in [1.54, 1.807) is 25.4 Å². The maximum Gasteiger partial charge on any atom is 0.269 e. The number of pyridine rings is 2. The molecule has 2 fully saturated rings. The fraction of sp³-hybridized carbons (Fsp3) is 0.400. The van der Waals surface area contributed by atoms with Gasteiger partial charge in [-0.2, -0.15) is 0 Å². The van der Waals surface area contributed by atoms with Crippen molar-refractivity contribution in [3.63, 3.8) is 0 Å². The van der Waals surface area contributed by atoms with E-state index in [2.05, 4.69) is 20.2 Å². The summed E-state index contributed by atoms with van der Waals surface area (Å²) >= 11 is 0. The average molecular weight is 486 g/mol. The Morgan fingerprint density at radius 2 is 1.97 bits per heavy atom. The number of carbonyl (C=O) groups is 1. The van der Waals surface area contributed by atoms with Crippen molar-refractivity contribution < 1.29 is 18.0 Å². The summed E-state index contributed by atoms with van der Waals surface area (Å²) < 4.78 is 44.2. The van der Waals surface area contributed by atoms with Crippen molar-refractivity contribution >= 4 is 22.4 Å². The minimum atomic E-state index is -3.01. The molecule has 0 bridgehead atoms. The van der Waals surface area contributed by atoms with Crippen LogP contribution in [0.1, 0.15) is 34.9 Å². The zero-order valence-corrected chi connectivity index (χ0v) is 19.2. The molecule has 1 aromatic carbocycles. The number of carbonyl (C=O) groups excluding carboxylic acids is 1. The molecule has 2 N–H and O–H groups in total. The predicted molar refractivity (Wildman–Crippen MR) is 127 cm³/mol. The summed E-state index contributed by atoms with van der Waals surface area (Å²) in [5.74, 6) is -5.10. The van der Waals surface area contributed by atoms with E-state index in [-0.39, 0.29) is 36.1 Å². The second-order valence-electron chi connectivity index (χ2n) is 9.20. The maximum absolute atomic E-state index is 15.1. The van der Waals surface area contributed by atoms with E-state index in [0.717, 1.165) is 5.69 Å². The Balaban J connectivity index is 1.28. The summed E-state index contributed by atoms with van der Waals surface area (Å²) in [7, 11) is 1.55. The van der Waals surface area contributed by atoms with Gasteiger partial charge in [0.2, 0.25) is 0 Å². The number of amides is 1. The fourth-order valence-corrected chi connectivity index (χ4v) is 5.23. The first-order chi connectivity index (χ1) is 16.8. The summed E-state index contributed by atoms with van der Waals surface area (Å²) in [4.78, 5) is 34.8. The number of piperidine rings is 1. The van der Waals surface area contributed by atoms with Gasteiger partial charge < -0.3 is 15.2 Å². The number of H-pyrrole nitrogens is 1. The highest BCUT2D eigenvalue weighted by Crippen LogP contribution is 2.42. The summed E-state index contributed by atoms with van der Waals surface area (Å²) in [6.07, 6.45) is 3.07. The average Bonchev–Trinajstić information content (AvgIpc) is 3.18. The molecule has 2 aromatic heterocycles. The Labute approximate surface area is 200 Å². The number of aromatic amines is 1. The Morgan fingerprint density at radius 3 is 2.66 bits per heavy atom. The molecule has 0 radical (unpaired) electrons. The van der Waals surface area contributed by atoms with Crippen LogP contribution in [0.3, 0.4) is 0 Å². The van der Waals surface area contributed by atoms with E-state index in [9.17, 15) is 14.0 Å². The van der Waals surface area contributed by atoms with Crippen LogP contribution >= 0.6 is 0 Å². The number of aromatic nitrogens is 2. The predicted octanol–water partition coefficient (Wildman–Crippen LogP) is 3.13. The number of likely N-dealkylation sites (tertiary alicyclic amines) is 1. The normalized spacial score (nSPS) is 20.9. The highest BCUT2D eigenvalue weighted by atomic mass is 19.3. The highest BCUT2D eigenvalue weighted by Gasteiger charge is 2.51. The second-order valence-corrected chi connectivity index (χ2v) is 9.20. The van der Waals surface area contributed by atoms with Gasteiger partial charge in [0, 0.05) is 38.4 Å². The standard InChI is InChI=1S/C25H26F3N5O2/c1-29-23(34)20-6-5-17(12-30-20)32-9-7-16(8-10-32)33-13-18(25(27,28)14-33)21-11-15-3-2-4-19(26)22(15)24(35)31-21/h2-6,11-12,16,18H,7-10,13-14H2,1H3,(H,29,34)(H,31,35). The Morgan fingerprint density at radius 1 is 1.20 bits per heavy atom. The number of fused-ring (bicyclic) bond motifs is 1. The molecule has 2 aliphatic rings. The number of anilines is 1. The molecule has 1 amide bonds. The molecule has 1 unspecified atom stereocenters. The van der Waals surface area contributed by atoms with Crippen LogP contribution in [0.4, 0.5) is 18.9 Å². The summed E-state index contributed by atoms with van der Waals surface area (Å²) in [5.41, 5.74) is 0.683. The molecule has 10 heteroatoms. The molecule has 5 rings (SSSR count). The third kappa shape index (κ3) is 4.38. The van der Waals surface area contributed by atoms with Crippen molar-refractivity contribution in [2.75, 3.05) is 38.1 Å². The van der Waals surface area contributed by atoms with Gasteiger partial charge in [-0.15, -0.1) is 0 Å². The molecule has 0 saturated carbocycles. The van der Waals surface area contributed by atoms with Crippen molar-refractivity contribution in [3.05, 3.63) is 70.2 Å². The topological polar surface area (TPSA) is 81.3 Å². The van der Waals surface area contributed by atoms with Crippen LogP contribution in [-0.2, 0) is 0 Å². The fourth-order valence-electron chi connectivity index (χ4n) is 5.23. The van der Waals surface area contributed by atoms with E-state index in [1.165, 1.54) is 18.2 Å². The minimum absolute atomic E-state index is 0.00940. The number of alkyl halides is 2. The molecule has 2 saturated heterocycles. The van der Waals surface area contributed by atoms with Crippen LogP contribution in [0.2, 0.25) is 0 Å². The second kappa shape index (κ2) is 8.99. The summed E-state index contributed by atoms with van der Waals surface area (Å²) in [5, 5.41) is 2.75. The lowest BCUT2D eigenvalue weighted by molar-refractivity contribution is -0.00804. The van der Waals surface area contributed by atoms with Crippen molar-refractivity contribution in [3.8, 4) is 0 Å². The number of benzene rings is 1. The highest BCUT2D eigenvalue weighted by molar-refractivity contribution is 5.92. The van der Waals surface area contributed by atoms with E-state index >= 15 is 8.78 Å². The number of hydrogen-bond acceptors (Lipinski definition) is 5. The minimum Gasteiger partial charge on any atom is -0.370 e. The molecule has 7 nitrogen and oxygen atoms in total. The van der Waals surface area contributed by atoms with Crippen LogP contribution in [0.5, 0.6) is 0 Å². The largest absolute Gasteiger partial charge is 0.370 e. The molecule has 184 valence electrons. The van der Waals surface area contributed by atoms with Crippen LogP contribution < -0.4 is 15.8 Å². The molecule has 2 aliphatic heterocycles. The molecule has 35 heavy (non-hydrogen) atoms. The quantitative estimate of drug-likeness (QED) is 0.594. The van der Waals surface area contributed by atoms with Gasteiger partial charge in [-0.05, 0) is 42.5 Å². The molecule has 0 spiro atoms. The SMILES string of the molecule is CNC(=O)c1ccc(N2CCC(N3CC(c4cc5cccc(F)c5c(=O)[nH]4)C(F)(F)C3)CC2)cn1. The smallest absolute Gasteiger partial charge is 0.269 e. The molecule has 0 aliphatic carbocycles. The molecule has 4 heterocycles. The van der Waals surface area contributed by atoms with Gasteiger partial charge in [0.15, 0.2) is 0 Å². The lowest BCUT2D eigenvalue weighted by Gasteiger charge is -2.37. The summed E-state index contributed by atoms with van der Waals surface area (Å²) in [6.45, 7) is 1.11. The van der Waals surface area contributed by atoms with Crippen molar-refractivity contribution in [1.29, 1.82) is 0 Å². The van der Waals surface area contributed by atoms with Crippen LogP contribution in [0.25, 0.3) is 10.8 Å². The Bertz CT molecular complexity index is 1300.